The second-order valence-electron chi connectivity index (χ2n) is 0.877. The summed E-state index contributed by atoms with van der Waals surface area (Å²) < 4.78 is 0. The molecule has 0 aromatic carbocycles. The van der Waals surface area contributed by atoms with Crippen LogP contribution in [-0.2, 0) is 9.90 Å². The Labute approximate surface area is 35.8 Å². The molecule has 0 aliphatic heterocycles. The Balaban J connectivity index is 2.83. The van der Waals surface area contributed by atoms with E-state index in [-0.39, 0.29) is 6.42 Å². The standard InChI is InChI=1S/C3H5NO2/c4-3(6)1-2-5/h4H,1-2H2. The van der Waals surface area contributed by atoms with E-state index in [1.165, 1.54) is 0 Å². The smallest absolute Gasteiger partial charge is 0.240 e. The summed E-state index contributed by atoms with van der Waals surface area (Å²) in [4.78, 5) is 9.51. The molecule has 6 heavy (non-hydrogen) atoms. The minimum atomic E-state index is -0.773. The van der Waals surface area contributed by atoms with Crippen molar-refractivity contribution in [2.24, 2.45) is 0 Å². The van der Waals surface area contributed by atoms with Crippen LogP contribution in [0, 0.1) is 0 Å². The Morgan fingerprint density at radius 1 is 1.67 bits per heavy atom. The normalized spacial score (nSPS) is 8.17. The van der Waals surface area contributed by atoms with Gasteiger partial charge in [0, 0.05) is 0 Å². The van der Waals surface area contributed by atoms with Crippen LogP contribution >= 0.6 is 0 Å². The van der Waals surface area contributed by atoms with Crippen molar-refractivity contribution in [1.82, 2.24) is 5.73 Å². The van der Waals surface area contributed by atoms with E-state index >= 15 is 0 Å². The average Bonchev–Trinajstić information content (AvgIpc) is 1.35. The lowest BCUT2D eigenvalue weighted by atomic mass is 10.4. The first-order chi connectivity index (χ1) is 2.77. The number of amides is 1. The summed E-state index contributed by atoms with van der Waals surface area (Å²) in [6, 6.07) is 0. The quantitative estimate of drug-likeness (QED) is 0.452. The number of hydrogen-bond donors (Lipinski definition) is 0. The second-order valence-corrected chi connectivity index (χ2v) is 0.877. The summed E-state index contributed by atoms with van der Waals surface area (Å²) in [5.74, 6) is -0.773. The maximum Gasteiger partial charge on any atom is 0.240 e. The van der Waals surface area contributed by atoms with Crippen LogP contribution in [0.4, 0.5) is 0 Å². The number of carbonyl (C=O) groups excluding carboxylic acids is 1. The van der Waals surface area contributed by atoms with Crippen LogP contribution in [0.2, 0.25) is 0 Å². The highest BCUT2D eigenvalue weighted by Crippen LogP contribution is 1.70. The Morgan fingerprint density at radius 2 is 2.17 bits per heavy atom. The Bertz CT molecular complexity index is 52.8. The van der Waals surface area contributed by atoms with Gasteiger partial charge in [-0.2, -0.15) is 0 Å². The average molecular weight is 87.1 g/mol. The fraction of sp³-hybridized carbons (Fsp3) is 0.667. The summed E-state index contributed by atoms with van der Waals surface area (Å²) in [6.45, 7) is -0.456. The number of hydrogen-bond acceptors (Lipinski definition) is 1. The monoisotopic (exact) mass is 87.0 g/mol. The summed E-state index contributed by atoms with van der Waals surface area (Å²) in [6.07, 6.45) is -0.153. The molecule has 0 unspecified atom stereocenters. The van der Waals surface area contributed by atoms with Gasteiger partial charge in [0.1, 0.15) is 0 Å². The van der Waals surface area contributed by atoms with E-state index in [4.69, 9.17) is 5.73 Å². The predicted octanol–water partition coefficient (Wildman–Crippen LogP) is -0.383. The number of rotatable bonds is 2. The first-order valence-corrected chi connectivity index (χ1v) is 1.60. The van der Waals surface area contributed by atoms with Gasteiger partial charge in [0.25, 0.3) is 0 Å². The van der Waals surface area contributed by atoms with Crippen molar-refractivity contribution < 1.29 is 9.90 Å². The molecule has 0 bridgehead atoms. The lowest BCUT2D eigenvalue weighted by Crippen LogP contribution is -1.98. The predicted molar refractivity (Wildman–Crippen MR) is 18.3 cm³/mol. The van der Waals surface area contributed by atoms with E-state index in [0.717, 1.165) is 0 Å². The molecule has 34 valence electrons. The molecule has 0 fully saturated rings. The van der Waals surface area contributed by atoms with Crippen LogP contribution in [0.5, 0.6) is 0 Å². The van der Waals surface area contributed by atoms with Crippen molar-refractivity contribution in [1.29, 1.82) is 0 Å². The zero-order chi connectivity index (χ0) is 4.99. The third kappa shape index (κ3) is 3.43. The first kappa shape index (κ1) is 5.43. The molecule has 3 heteroatoms. The van der Waals surface area contributed by atoms with Gasteiger partial charge < -0.3 is 0 Å². The molecule has 0 aliphatic carbocycles. The van der Waals surface area contributed by atoms with Crippen molar-refractivity contribution in [3.8, 4) is 0 Å². The minimum absolute atomic E-state index is 0.153. The van der Waals surface area contributed by atoms with E-state index in [0.29, 0.717) is 0 Å². The third-order valence-corrected chi connectivity index (χ3v) is 0.329. The highest BCUT2D eigenvalue weighted by molar-refractivity contribution is 5.72. The van der Waals surface area contributed by atoms with Crippen LogP contribution in [-0.4, -0.2) is 12.5 Å². The number of carbonyl (C=O) groups is 1. The van der Waals surface area contributed by atoms with Crippen LogP contribution in [0.1, 0.15) is 6.42 Å². The molecule has 0 aromatic rings. The summed E-state index contributed by atoms with van der Waals surface area (Å²) >= 11 is 0. The molecule has 0 saturated heterocycles. The van der Waals surface area contributed by atoms with Crippen molar-refractivity contribution in [2.45, 2.75) is 6.42 Å². The van der Waals surface area contributed by atoms with Crippen molar-refractivity contribution >= 4 is 5.91 Å². The molecule has 0 atom stereocenters. The van der Waals surface area contributed by atoms with Gasteiger partial charge in [0.05, 0.1) is 13.0 Å². The van der Waals surface area contributed by atoms with Gasteiger partial charge in [-0.3, -0.25) is 10.5 Å². The summed E-state index contributed by atoms with van der Waals surface area (Å²) in [7, 11) is 0. The Morgan fingerprint density at radius 3 is 2.17 bits per heavy atom. The molecule has 0 spiro atoms. The van der Waals surface area contributed by atoms with E-state index < -0.39 is 12.5 Å². The van der Waals surface area contributed by atoms with Gasteiger partial charge >= 0.3 is 0 Å². The number of nitrogens with one attached hydrogen (secondary N) is 1. The topological polar surface area (TPSA) is 60.8 Å². The van der Waals surface area contributed by atoms with Gasteiger partial charge in [-0.1, -0.05) is 0 Å². The van der Waals surface area contributed by atoms with Crippen LogP contribution in [0.15, 0.2) is 0 Å². The van der Waals surface area contributed by atoms with Gasteiger partial charge in [0.15, 0.2) is 0 Å². The molecule has 1 N–H and O–H groups in total. The molecule has 3 nitrogen and oxygen atoms in total. The van der Waals surface area contributed by atoms with Crippen molar-refractivity contribution in [2.75, 3.05) is 6.61 Å². The van der Waals surface area contributed by atoms with Gasteiger partial charge in [-0.05, 0) is 0 Å². The van der Waals surface area contributed by atoms with E-state index in [9.17, 15) is 9.90 Å². The largest absolute Gasteiger partial charge is 0.273 e. The molecular weight excluding hydrogens is 82.0 g/mol. The minimum Gasteiger partial charge on any atom is -0.273 e. The molecule has 2 radical (unpaired) electrons. The highest BCUT2D eigenvalue weighted by atomic mass is 16.3. The van der Waals surface area contributed by atoms with Crippen molar-refractivity contribution in [3.05, 3.63) is 0 Å². The van der Waals surface area contributed by atoms with Crippen LogP contribution in [0.3, 0.4) is 0 Å². The van der Waals surface area contributed by atoms with Crippen molar-refractivity contribution in [3.63, 3.8) is 0 Å². The molecule has 0 aliphatic rings. The molecule has 0 saturated carbocycles. The third-order valence-electron chi connectivity index (χ3n) is 0.329. The van der Waals surface area contributed by atoms with Crippen LogP contribution in [0.25, 0.3) is 0 Å². The van der Waals surface area contributed by atoms with E-state index in [2.05, 4.69) is 0 Å². The van der Waals surface area contributed by atoms with Gasteiger partial charge in [0.2, 0.25) is 5.91 Å². The summed E-state index contributed by atoms with van der Waals surface area (Å²) in [5, 5.41) is 9.40. The molecule has 1 amide bonds. The van der Waals surface area contributed by atoms with E-state index in [1.807, 2.05) is 0 Å². The summed E-state index contributed by atoms with van der Waals surface area (Å²) in [5.41, 5.74) is 6.14. The highest BCUT2D eigenvalue weighted by Gasteiger charge is 1.88. The molecule has 0 heterocycles. The lowest BCUT2D eigenvalue weighted by molar-refractivity contribution is -0.119. The van der Waals surface area contributed by atoms with E-state index in [1.54, 1.807) is 0 Å². The lowest BCUT2D eigenvalue weighted by Gasteiger charge is -1.77. The second kappa shape index (κ2) is 2.66. The molecular formula is C3H5NO2. The first-order valence-electron chi connectivity index (χ1n) is 1.60. The van der Waals surface area contributed by atoms with Gasteiger partial charge in [-0.25, -0.2) is 5.11 Å². The molecule has 0 rings (SSSR count). The fourth-order valence-corrected chi connectivity index (χ4v) is 0.0927. The molecule has 0 aromatic heterocycles. The SMILES string of the molecule is [NH]C(=O)CC[O]. The van der Waals surface area contributed by atoms with Crippen LogP contribution < -0.4 is 5.73 Å². The maximum absolute atomic E-state index is 9.51. The zero-order valence-corrected chi connectivity index (χ0v) is 3.23. The zero-order valence-electron chi connectivity index (χ0n) is 3.23. The Kier molecular flexibility index (Phi) is 2.40. The maximum atomic E-state index is 9.51. The Hall–Kier alpha value is -0.570. The van der Waals surface area contributed by atoms with Gasteiger partial charge in [-0.15, -0.1) is 0 Å². The fourth-order valence-electron chi connectivity index (χ4n) is 0.0927.